The van der Waals surface area contributed by atoms with E-state index in [4.69, 9.17) is 11.5 Å². The molecule has 0 heterocycles. The molecule has 0 spiro atoms. The van der Waals surface area contributed by atoms with Gasteiger partial charge in [-0.15, -0.1) is 0 Å². The molecule has 1 amide bonds. The number of rotatable bonds is 3. The highest BCUT2D eigenvalue weighted by Gasteiger charge is 2.37. The van der Waals surface area contributed by atoms with Gasteiger partial charge in [-0.2, -0.15) is 31.3 Å². The summed E-state index contributed by atoms with van der Waals surface area (Å²) >= 11 is 0. The Bertz CT molecular complexity index is 1150. The second-order valence-electron chi connectivity index (χ2n) is 6.57. The summed E-state index contributed by atoms with van der Waals surface area (Å²) in [5, 5.41) is 0. The number of aryl methyl sites for hydroxylation is 1. The van der Waals surface area contributed by atoms with E-state index in [-0.39, 0.29) is 17.2 Å². The first-order chi connectivity index (χ1) is 13.9. The molecule has 0 bridgehead atoms. The van der Waals surface area contributed by atoms with E-state index in [9.17, 15) is 39.6 Å². The number of carbonyl (C=O) groups is 1. The molecule has 0 fully saturated rings. The fourth-order valence-corrected chi connectivity index (χ4v) is 3.65. The zero-order valence-corrected chi connectivity index (χ0v) is 16.7. The van der Waals surface area contributed by atoms with Gasteiger partial charge in [0, 0.05) is 17.4 Å². The van der Waals surface area contributed by atoms with Crippen LogP contribution in [0.25, 0.3) is 11.1 Å². The lowest BCUT2D eigenvalue weighted by atomic mass is 9.96. The molecule has 4 N–H and O–H groups in total. The number of guanidine groups is 1. The van der Waals surface area contributed by atoms with E-state index in [0.29, 0.717) is 18.4 Å². The average molecular weight is 467 g/mol. The molecule has 2 rings (SSSR count). The zero-order chi connectivity index (χ0) is 23.9. The van der Waals surface area contributed by atoms with Crippen LogP contribution in [-0.4, -0.2) is 26.5 Å². The van der Waals surface area contributed by atoms with Crippen LogP contribution in [0.4, 0.5) is 26.3 Å². The van der Waals surface area contributed by atoms with Crippen LogP contribution in [0.3, 0.4) is 0 Å². The number of alkyl halides is 6. The van der Waals surface area contributed by atoms with E-state index < -0.39 is 61.2 Å². The van der Waals surface area contributed by atoms with Crippen molar-refractivity contribution in [2.24, 2.45) is 16.5 Å². The number of sulfone groups is 1. The maximum absolute atomic E-state index is 13.2. The first-order valence-electron chi connectivity index (χ1n) is 8.20. The van der Waals surface area contributed by atoms with Crippen molar-refractivity contribution in [1.29, 1.82) is 0 Å². The maximum Gasteiger partial charge on any atom is 0.416 e. The number of nitrogens with zero attached hydrogens (tertiary/aromatic N) is 1. The van der Waals surface area contributed by atoms with Gasteiger partial charge in [-0.25, -0.2) is 8.42 Å². The second kappa shape index (κ2) is 7.87. The summed E-state index contributed by atoms with van der Waals surface area (Å²) in [5.74, 6) is -1.66. The number of halogens is 6. The van der Waals surface area contributed by atoms with Crippen molar-refractivity contribution in [3.8, 4) is 11.1 Å². The van der Waals surface area contributed by atoms with Crippen LogP contribution in [0.2, 0.25) is 0 Å². The fraction of sp³-hybridized carbons (Fsp3) is 0.222. The van der Waals surface area contributed by atoms with Crippen LogP contribution < -0.4 is 11.5 Å². The summed E-state index contributed by atoms with van der Waals surface area (Å²) in [7, 11) is -4.21. The van der Waals surface area contributed by atoms with E-state index in [1.807, 2.05) is 0 Å². The van der Waals surface area contributed by atoms with Crippen molar-refractivity contribution in [3.05, 3.63) is 52.6 Å². The first-order valence-corrected chi connectivity index (χ1v) is 10.1. The van der Waals surface area contributed by atoms with Gasteiger partial charge in [0.25, 0.3) is 5.91 Å². The molecule has 0 unspecified atom stereocenters. The Kier molecular flexibility index (Phi) is 6.14. The third-order valence-corrected chi connectivity index (χ3v) is 5.22. The van der Waals surface area contributed by atoms with Crippen molar-refractivity contribution in [2.75, 3.05) is 6.26 Å². The molecule has 168 valence electrons. The molecule has 2 aromatic carbocycles. The number of hydrogen-bond donors (Lipinski definition) is 2. The van der Waals surface area contributed by atoms with E-state index in [0.717, 1.165) is 12.1 Å². The van der Waals surface area contributed by atoms with Gasteiger partial charge < -0.3 is 11.5 Å². The van der Waals surface area contributed by atoms with Crippen molar-refractivity contribution in [1.82, 2.24) is 0 Å². The number of amides is 1. The van der Waals surface area contributed by atoms with Gasteiger partial charge >= 0.3 is 12.4 Å². The standard InChI is InChI=1S/C18H15F6N3O3S/c1-8-3-13(14(31(2,29)30)7-12(8)15(28)27-16(25)26)9-4-10(17(19,20)21)6-11(5-9)18(22,23)24/h3-7H,1-2H3,(H4,25,26,27,28). The zero-order valence-electron chi connectivity index (χ0n) is 15.9. The van der Waals surface area contributed by atoms with E-state index >= 15 is 0 Å². The highest BCUT2D eigenvalue weighted by Crippen LogP contribution is 2.40. The van der Waals surface area contributed by atoms with Crippen LogP contribution in [0.5, 0.6) is 0 Å². The number of carbonyl (C=O) groups excluding carboxylic acids is 1. The van der Waals surface area contributed by atoms with E-state index in [1.165, 1.54) is 6.92 Å². The van der Waals surface area contributed by atoms with Crippen LogP contribution >= 0.6 is 0 Å². The minimum Gasteiger partial charge on any atom is -0.370 e. The van der Waals surface area contributed by atoms with Crippen LogP contribution in [0, 0.1) is 6.92 Å². The quantitative estimate of drug-likeness (QED) is 0.407. The summed E-state index contributed by atoms with van der Waals surface area (Å²) in [6, 6.07) is 2.52. The molecule has 0 aliphatic carbocycles. The van der Waals surface area contributed by atoms with Crippen molar-refractivity contribution in [3.63, 3.8) is 0 Å². The van der Waals surface area contributed by atoms with Crippen molar-refractivity contribution < 1.29 is 39.6 Å². The third kappa shape index (κ3) is 5.54. The minimum atomic E-state index is -5.13. The van der Waals surface area contributed by atoms with Gasteiger partial charge in [0.15, 0.2) is 15.8 Å². The molecule has 0 radical (unpaired) electrons. The SMILES string of the molecule is Cc1cc(-c2cc(C(F)(F)F)cc(C(F)(F)F)c2)c(S(C)(=O)=O)cc1C(=O)N=C(N)N. The topological polar surface area (TPSA) is 116 Å². The molecule has 0 aliphatic heterocycles. The first kappa shape index (κ1) is 24.2. The van der Waals surface area contributed by atoms with Crippen molar-refractivity contribution >= 4 is 21.7 Å². The van der Waals surface area contributed by atoms with Gasteiger partial charge in [-0.3, -0.25) is 4.79 Å². The highest BCUT2D eigenvalue weighted by molar-refractivity contribution is 7.90. The summed E-state index contributed by atoms with van der Waals surface area (Å²) in [5.41, 5.74) is 5.65. The Morgan fingerprint density at radius 1 is 0.903 bits per heavy atom. The lowest BCUT2D eigenvalue weighted by Crippen LogP contribution is -2.24. The molecule has 6 nitrogen and oxygen atoms in total. The Labute approximate surface area is 172 Å². The van der Waals surface area contributed by atoms with Gasteiger partial charge in [0.2, 0.25) is 0 Å². The highest BCUT2D eigenvalue weighted by atomic mass is 32.2. The number of nitrogens with two attached hydrogens (primary N) is 2. The van der Waals surface area contributed by atoms with Gasteiger partial charge in [-0.1, -0.05) is 0 Å². The number of aliphatic imine (C=N–C) groups is 1. The summed E-state index contributed by atoms with van der Waals surface area (Å²) in [6.45, 7) is 1.29. The Morgan fingerprint density at radius 3 is 1.77 bits per heavy atom. The summed E-state index contributed by atoms with van der Waals surface area (Å²) < 4.78 is 104. The normalized spacial score (nSPS) is 12.5. The van der Waals surface area contributed by atoms with E-state index in [1.54, 1.807) is 0 Å². The summed E-state index contributed by atoms with van der Waals surface area (Å²) in [6.07, 6.45) is -9.56. The molecule has 0 atom stereocenters. The maximum atomic E-state index is 13.2. The average Bonchev–Trinajstić information content (AvgIpc) is 2.57. The second-order valence-corrected chi connectivity index (χ2v) is 8.56. The predicted molar refractivity (Wildman–Crippen MR) is 99.9 cm³/mol. The molecular weight excluding hydrogens is 452 g/mol. The molecule has 13 heteroatoms. The lowest BCUT2D eigenvalue weighted by molar-refractivity contribution is -0.143. The predicted octanol–water partition coefficient (Wildman–Crippen LogP) is 3.52. The molecule has 0 saturated carbocycles. The molecule has 0 aromatic heterocycles. The van der Waals surface area contributed by atoms with Crippen molar-refractivity contribution in [2.45, 2.75) is 24.2 Å². The van der Waals surface area contributed by atoms with Crippen LogP contribution in [-0.2, 0) is 22.2 Å². The number of hydrogen-bond acceptors (Lipinski definition) is 3. The Morgan fingerprint density at radius 2 is 1.39 bits per heavy atom. The Balaban J connectivity index is 2.92. The third-order valence-electron chi connectivity index (χ3n) is 4.09. The molecular formula is C18H15F6N3O3S. The molecule has 2 aromatic rings. The molecule has 31 heavy (non-hydrogen) atoms. The van der Waals surface area contributed by atoms with E-state index in [2.05, 4.69) is 4.99 Å². The van der Waals surface area contributed by atoms with Crippen LogP contribution in [0.1, 0.15) is 27.0 Å². The molecule has 0 saturated heterocycles. The monoisotopic (exact) mass is 467 g/mol. The Hall–Kier alpha value is -3.09. The van der Waals surface area contributed by atoms with Gasteiger partial charge in [0.05, 0.1) is 16.0 Å². The summed E-state index contributed by atoms with van der Waals surface area (Å²) in [4.78, 5) is 14.7. The smallest absolute Gasteiger partial charge is 0.370 e. The largest absolute Gasteiger partial charge is 0.416 e. The number of benzene rings is 2. The van der Waals surface area contributed by atoms with Gasteiger partial charge in [0.1, 0.15) is 0 Å². The lowest BCUT2D eigenvalue weighted by Gasteiger charge is -2.17. The molecule has 0 aliphatic rings. The fourth-order valence-electron chi connectivity index (χ4n) is 2.74. The minimum absolute atomic E-state index is 0.0309. The van der Waals surface area contributed by atoms with Crippen LogP contribution in [0.15, 0.2) is 40.2 Å². The van der Waals surface area contributed by atoms with Gasteiger partial charge in [-0.05, 0) is 48.4 Å².